The first-order chi connectivity index (χ1) is 16.7. The number of piperidine rings is 1. The largest absolute Gasteiger partial charge is 0.495 e. The third kappa shape index (κ3) is 4.03. The molecule has 10 heteroatoms. The summed E-state index contributed by atoms with van der Waals surface area (Å²) in [7, 11) is 1.53. The van der Waals surface area contributed by atoms with Gasteiger partial charge < -0.3 is 24.1 Å². The lowest BCUT2D eigenvalue weighted by Crippen LogP contribution is -2.56. The molecule has 0 radical (unpaired) electrons. The van der Waals surface area contributed by atoms with Crippen LogP contribution >= 0.6 is 0 Å². The van der Waals surface area contributed by atoms with E-state index in [0.29, 0.717) is 16.9 Å². The molecular weight excluding hydrogens is 461 g/mol. The summed E-state index contributed by atoms with van der Waals surface area (Å²) < 4.78 is 50.7. The Morgan fingerprint density at radius 3 is 2.63 bits per heavy atom. The number of aryl methyl sites for hydroxylation is 1. The molecule has 0 bridgehead atoms. The van der Waals surface area contributed by atoms with E-state index in [0.717, 1.165) is 11.4 Å². The van der Waals surface area contributed by atoms with Crippen molar-refractivity contribution in [1.82, 2.24) is 14.5 Å². The number of aliphatic hydroxyl groups excluding tert-OH is 1. The van der Waals surface area contributed by atoms with Crippen molar-refractivity contribution in [2.75, 3.05) is 20.3 Å². The maximum Gasteiger partial charge on any atom is 0.269 e. The molecule has 1 N–H and O–H groups in total. The number of ether oxygens (including phenoxy) is 1. The molecule has 2 aromatic carbocycles. The van der Waals surface area contributed by atoms with Gasteiger partial charge in [-0.15, -0.1) is 0 Å². The number of methoxy groups -OCH3 is 1. The van der Waals surface area contributed by atoms with Gasteiger partial charge in [-0.25, -0.2) is 18.2 Å². The molecule has 1 atom stereocenters. The van der Waals surface area contributed by atoms with Crippen molar-refractivity contribution < 1.29 is 27.9 Å². The van der Waals surface area contributed by atoms with E-state index >= 15 is 0 Å². The zero-order valence-electron chi connectivity index (χ0n) is 19.1. The first-order valence-electron chi connectivity index (χ1n) is 10.9. The highest BCUT2D eigenvalue weighted by molar-refractivity contribution is 6.04. The Morgan fingerprint density at radius 1 is 1.20 bits per heavy atom. The van der Waals surface area contributed by atoms with Gasteiger partial charge >= 0.3 is 0 Å². The molecule has 0 aliphatic carbocycles. The van der Waals surface area contributed by atoms with Crippen LogP contribution in [0.2, 0.25) is 0 Å². The lowest BCUT2D eigenvalue weighted by Gasteiger charge is -2.41. The van der Waals surface area contributed by atoms with E-state index in [1.807, 2.05) is 23.8 Å². The predicted octanol–water partition coefficient (Wildman–Crippen LogP) is 4.24. The number of amidine groups is 1. The van der Waals surface area contributed by atoms with Crippen molar-refractivity contribution in [3.8, 4) is 11.4 Å². The maximum atomic E-state index is 14.9. The Kier molecular flexibility index (Phi) is 5.55. The number of rotatable bonds is 5. The van der Waals surface area contributed by atoms with Crippen LogP contribution in [0.25, 0.3) is 11.8 Å². The third-order valence-corrected chi connectivity index (χ3v) is 6.14. The van der Waals surface area contributed by atoms with Crippen LogP contribution in [-0.4, -0.2) is 51.6 Å². The van der Waals surface area contributed by atoms with Gasteiger partial charge in [-0.05, 0) is 55.0 Å². The number of aliphatic hydroxyl groups is 1. The Balaban J connectivity index is 1.53. The average molecular weight is 484 g/mol. The monoisotopic (exact) mass is 484 g/mol. The number of fused-ring (bicyclic) bond motifs is 1. The number of nitrogens with zero attached hydrogens (tertiary/aromatic N) is 4. The highest BCUT2D eigenvalue weighted by Gasteiger charge is 2.55. The van der Waals surface area contributed by atoms with Gasteiger partial charge in [0.2, 0.25) is 0 Å². The first kappa shape index (κ1) is 23.0. The average Bonchev–Trinajstić information content (AvgIpc) is 3.43. The van der Waals surface area contributed by atoms with Gasteiger partial charge in [0.25, 0.3) is 11.6 Å². The van der Waals surface area contributed by atoms with Gasteiger partial charge in [0.1, 0.15) is 18.2 Å². The number of benzene rings is 2. The molecule has 35 heavy (non-hydrogen) atoms. The van der Waals surface area contributed by atoms with Crippen molar-refractivity contribution in [3.63, 3.8) is 0 Å². The van der Waals surface area contributed by atoms with Crippen LogP contribution in [0.1, 0.15) is 23.2 Å². The normalized spacial score (nSPS) is 22.1. The summed E-state index contributed by atoms with van der Waals surface area (Å²) >= 11 is 0. The molecule has 3 heterocycles. The van der Waals surface area contributed by atoms with Crippen molar-refractivity contribution in [3.05, 3.63) is 83.2 Å². The third-order valence-electron chi connectivity index (χ3n) is 6.14. The van der Waals surface area contributed by atoms with Crippen LogP contribution in [-0.2, 0) is 10.6 Å². The van der Waals surface area contributed by atoms with Gasteiger partial charge in [0.15, 0.2) is 5.84 Å². The van der Waals surface area contributed by atoms with Gasteiger partial charge in [-0.3, -0.25) is 0 Å². The molecule has 0 saturated carbocycles. The van der Waals surface area contributed by atoms with Crippen LogP contribution in [0, 0.1) is 12.7 Å². The molecule has 3 aromatic rings. The van der Waals surface area contributed by atoms with Gasteiger partial charge in [0.05, 0.1) is 31.4 Å². The van der Waals surface area contributed by atoms with Crippen molar-refractivity contribution in [2.45, 2.75) is 25.0 Å². The Bertz CT molecular complexity index is 1320. The molecule has 1 unspecified atom stereocenters. The summed E-state index contributed by atoms with van der Waals surface area (Å²) in [6.07, 6.45) is 4.57. The van der Waals surface area contributed by atoms with E-state index < -0.39 is 37.0 Å². The maximum absolute atomic E-state index is 14.9. The fourth-order valence-corrected chi connectivity index (χ4v) is 4.46. The number of imidazole rings is 1. The lowest BCUT2D eigenvalue weighted by molar-refractivity contribution is -0.160. The van der Waals surface area contributed by atoms with Gasteiger partial charge in [0, 0.05) is 23.8 Å². The van der Waals surface area contributed by atoms with E-state index in [1.165, 1.54) is 36.3 Å². The number of halogens is 3. The van der Waals surface area contributed by atoms with Gasteiger partial charge in [-0.1, -0.05) is 11.2 Å². The summed E-state index contributed by atoms with van der Waals surface area (Å²) in [5.41, 5.74) is 1.11. The first-order valence-corrected chi connectivity index (χ1v) is 10.9. The highest BCUT2D eigenvalue weighted by atomic mass is 19.3. The van der Waals surface area contributed by atoms with E-state index in [1.54, 1.807) is 24.5 Å². The molecule has 0 amide bonds. The molecule has 0 spiro atoms. The molecule has 182 valence electrons. The minimum Gasteiger partial charge on any atom is -0.495 e. The fraction of sp³-hybridized carbons (Fsp3) is 0.280. The second-order valence-corrected chi connectivity index (χ2v) is 8.60. The Labute approximate surface area is 199 Å². The Hall–Kier alpha value is -3.79. The minimum absolute atomic E-state index is 0.197. The van der Waals surface area contributed by atoms with Crippen LogP contribution < -0.4 is 4.74 Å². The number of hydrogen-bond donors (Lipinski definition) is 1. The van der Waals surface area contributed by atoms with E-state index in [2.05, 4.69) is 10.1 Å². The van der Waals surface area contributed by atoms with Crippen LogP contribution in [0.3, 0.4) is 0 Å². The zero-order valence-corrected chi connectivity index (χ0v) is 19.1. The molecular formula is C25H23F3N4O3. The van der Waals surface area contributed by atoms with Crippen molar-refractivity contribution >= 4 is 11.9 Å². The second kappa shape index (κ2) is 8.46. The van der Waals surface area contributed by atoms with Gasteiger partial charge in [-0.2, -0.15) is 0 Å². The standard InChI is InChI=1S/C25H23F3N4O3/c1-16-12-31(15-29-16)21-8-3-17(10-22(21)34-2)9-18-11-24(27,28)13-32-23(18)30-35-25(32,14-33)19-4-6-20(26)7-5-19/h3-10,12,15,33H,11,13-14H2,1-2H3. The molecule has 1 saturated heterocycles. The van der Waals surface area contributed by atoms with Crippen molar-refractivity contribution in [2.24, 2.45) is 5.16 Å². The smallest absolute Gasteiger partial charge is 0.269 e. The molecule has 5 rings (SSSR count). The fourth-order valence-electron chi connectivity index (χ4n) is 4.46. The molecule has 7 nitrogen and oxygen atoms in total. The summed E-state index contributed by atoms with van der Waals surface area (Å²) in [5.74, 6) is -2.87. The summed E-state index contributed by atoms with van der Waals surface area (Å²) in [5, 5.41) is 14.3. The molecule has 1 aromatic heterocycles. The minimum atomic E-state index is -3.11. The van der Waals surface area contributed by atoms with E-state index in [-0.39, 0.29) is 11.4 Å². The van der Waals surface area contributed by atoms with E-state index in [9.17, 15) is 18.3 Å². The number of oxime groups is 1. The quantitative estimate of drug-likeness (QED) is 0.587. The van der Waals surface area contributed by atoms with Crippen LogP contribution in [0.4, 0.5) is 13.2 Å². The lowest BCUT2D eigenvalue weighted by atomic mass is 9.93. The number of aromatic nitrogens is 2. The summed E-state index contributed by atoms with van der Waals surface area (Å²) in [4.78, 5) is 11.0. The molecule has 1 fully saturated rings. The van der Waals surface area contributed by atoms with E-state index in [4.69, 9.17) is 9.57 Å². The number of alkyl halides is 2. The molecule has 2 aliphatic rings. The summed E-state index contributed by atoms with van der Waals surface area (Å²) in [6, 6.07) is 10.5. The number of hydrogen-bond acceptors (Lipinski definition) is 6. The highest BCUT2D eigenvalue weighted by Crippen LogP contribution is 2.44. The topological polar surface area (TPSA) is 72.1 Å². The molecule has 2 aliphatic heterocycles. The van der Waals surface area contributed by atoms with Crippen LogP contribution in [0.15, 0.2) is 65.7 Å². The second-order valence-electron chi connectivity index (χ2n) is 8.60. The summed E-state index contributed by atoms with van der Waals surface area (Å²) in [6.45, 7) is 0.519. The zero-order chi connectivity index (χ0) is 24.8. The predicted molar refractivity (Wildman–Crippen MR) is 123 cm³/mol. The van der Waals surface area contributed by atoms with Crippen LogP contribution in [0.5, 0.6) is 5.75 Å². The SMILES string of the molecule is COc1cc(C=C2CC(F)(F)CN3C2=NOC3(CO)c2ccc(F)cc2)ccc1-n1cnc(C)c1. The van der Waals surface area contributed by atoms with Crippen molar-refractivity contribution in [1.29, 1.82) is 0 Å². The Morgan fingerprint density at radius 2 is 1.97 bits per heavy atom.